The number of rotatable bonds is 4. The minimum atomic E-state index is -0.519. The summed E-state index contributed by atoms with van der Waals surface area (Å²) < 4.78 is 7.14. The van der Waals surface area contributed by atoms with Gasteiger partial charge >= 0.3 is 5.56 Å². The van der Waals surface area contributed by atoms with Crippen molar-refractivity contribution in [3.05, 3.63) is 108 Å². The molecule has 156 valence electrons. The van der Waals surface area contributed by atoms with Crippen molar-refractivity contribution in [2.45, 2.75) is 0 Å². The summed E-state index contributed by atoms with van der Waals surface area (Å²) in [5.74, 6) is 0.798. The number of fused-ring (bicyclic) bond motifs is 1. The van der Waals surface area contributed by atoms with E-state index < -0.39 is 16.0 Å². The zero-order valence-electron chi connectivity index (χ0n) is 16.2. The van der Waals surface area contributed by atoms with Crippen molar-refractivity contribution in [1.82, 2.24) is 14.6 Å². The summed E-state index contributed by atoms with van der Waals surface area (Å²) in [4.78, 5) is 39.9. The molecule has 0 aliphatic rings. The van der Waals surface area contributed by atoms with Gasteiger partial charge < -0.3 is 4.42 Å². The summed E-state index contributed by atoms with van der Waals surface area (Å²) in [5.41, 5.74) is 0.210. The van der Waals surface area contributed by atoms with Gasteiger partial charge in [-0.15, -0.1) is 0 Å². The van der Waals surface area contributed by atoms with Crippen molar-refractivity contribution in [3.8, 4) is 22.6 Å². The second kappa shape index (κ2) is 7.67. The van der Waals surface area contributed by atoms with Gasteiger partial charge in [-0.25, -0.2) is 0 Å². The maximum absolute atomic E-state index is 12.8. The van der Waals surface area contributed by atoms with E-state index >= 15 is 0 Å². The largest absolute Gasteiger partial charge is 0.457 e. The fraction of sp³-hybridized carbons (Fsp3) is 0. The van der Waals surface area contributed by atoms with E-state index in [1.54, 1.807) is 48.5 Å². The van der Waals surface area contributed by atoms with Gasteiger partial charge in [-0.2, -0.15) is 14.6 Å². The van der Waals surface area contributed by atoms with Crippen molar-refractivity contribution in [3.63, 3.8) is 0 Å². The lowest BCUT2D eigenvalue weighted by Crippen LogP contribution is -2.26. The zero-order valence-corrected chi connectivity index (χ0v) is 17.0. The summed E-state index contributed by atoms with van der Waals surface area (Å²) >= 11 is 1.02. The highest BCUT2D eigenvalue weighted by Gasteiger charge is 2.13. The minimum Gasteiger partial charge on any atom is -0.457 e. The molecule has 32 heavy (non-hydrogen) atoms. The lowest BCUT2D eigenvalue weighted by atomic mass is 10.1. The molecule has 0 radical (unpaired) electrons. The number of nitro benzene ring substituents is 1. The number of benzene rings is 2. The normalized spacial score (nSPS) is 11.8. The van der Waals surface area contributed by atoms with Crippen LogP contribution in [0.4, 0.5) is 5.69 Å². The minimum absolute atomic E-state index is 0.0491. The second-order valence-electron chi connectivity index (χ2n) is 6.75. The van der Waals surface area contributed by atoms with E-state index in [4.69, 9.17) is 4.42 Å². The molecule has 0 fully saturated rings. The van der Waals surface area contributed by atoms with Gasteiger partial charge in [-0.1, -0.05) is 53.8 Å². The van der Waals surface area contributed by atoms with Crippen molar-refractivity contribution >= 4 is 28.1 Å². The van der Waals surface area contributed by atoms with Crippen molar-refractivity contribution in [1.29, 1.82) is 0 Å². The van der Waals surface area contributed by atoms with Crippen LogP contribution in [0.5, 0.6) is 0 Å². The third kappa shape index (κ3) is 3.48. The molecule has 0 bridgehead atoms. The Bertz CT molecular complexity index is 1650. The first-order chi connectivity index (χ1) is 15.5. The summed E-state index contributed by atoms with van der Waals surface area (Å²) in [6.07, 6.45) is 1.52. The van der Waals surface area contributed by atoms with E-state index in [-0.39, 0.29) is 20.9 Å². The molecule has 0 aliphatic carbocycles. The standard InChI is InChI=1S/C22H12N4O5S/c27-20-19(13-5-2-1-3-6-13)24-25-21(28)18(32-22(25)23-20)12-16-9-10-17(31-16)14-7-4-8-15(11-14)26(29)30/h1-12H/b18-12+. The van der Waals surface area contributed by atoms with Crippen LogP contribution in [0.1, 0.15) is 5.76 Å². The van der Waals surface area contributed by atoms with Gasteiger partial charge in [0.05, 0.1) is 4.92 Å². The van der Waals surface area contributed by atoms with E-state index in [2.05, 4.69) is 10.1 Å². The Morgan fingerprint density at radius 3 is 2.56 bits per heavy atom. The lowest BCUT2D eigenvalue weighted by molar-refractivity contribution is -0.384. The van der Waals surface area contributed by atoms with Crippen LogP contribution >= 0.6 is 11.3 Å². The molecule has 0 spiro atoms. The Labute approximate surface area is 182 Å². The summed E-state index contributed by atoms with van der Waals surface area (Å²) in [6, 6.07) is 18.2. The first kappa shape index (κ1) is 19.5. The molecular formula is C22H12N4O5S. The molecule has 10 heteroatoms. The molecule has 0 atom stereocenters. The molecule has 0 saturated heterocycles. The van der Waals surface area contributed by atoms with Crippen LogP contribution < -0.4 is 15.7 Å². The quantitative estimate of drug-likeness (QED) is 0.309. The predicted molar refractivity (Wildman–Crippen MR) is 118 cm³/mol. The van der Waals surface area contributed by atoms with Gasteiger partial charge in [0.15, 0.2) is 5.69 Å². The Kier molecular flexibility index (Phi) is 4.68. The van der Waals surface area contributed by atoms with Crippen LogP contribution in [0.25, 0.3) is 33.6 Å². The Morgan fingerprint density at radius 1 is 1.00 bits per heavy atom. The molecule has 5 rings (SSSR count). The first-order valence-electron chi connectivity index (χ1n) is 9.35. The van der Waals surface area contributed by atoms with Crippen LogP contribution in [0, 0.1) is 10.1 Å². The van der Waals surface area contributed by atoms with E-state index in [0.717, 1.165) is 15.9 Å². The van der Waals surface area contributed by atoms with Crippen molar-refractivity contribution in [2.75, 3.05) is 0 Å². The molecule has 0 amide bonds. The number of furan rings is 1. The maximum atomic E-state index is 12.8. The molecule has 3 aromatic heterocycles. The third-order valence-corrected chi connectivity index (χ3v) is 5.63. The van der Waals surface area contributed by atoms with Crippen LogP contribution in [-0.4, -0.2) is 19.5 Å². The Hall–Kier alpha value is -4.44. The van der Waals surface area contributed by atoms with Crippen LogP contribution in [0.2, 0.25) is 0 Å². The van der Waals surface area contributed by atoms with Gasteiger partial charge in [-0.05, 0) is 12.1 Å². The fourth-order valence-electron chi connectivity index (χ4n) is 3.17. The van der Waals surface area contributed by atoms with E-state index in [9.17, 15) is 19.7 Å². The molecule has 2 aromatic carbocycles. The summed E-state index contributed by atoms with van der Waals surface area (Å²) in [6.45, 7) is 0. The number of hydrogen-bond acceptors (Lipinski definition) is 8. The second-order valence-corrected chi connectivity index (χ2v) is 7.76. The number of nitro groups is 1. The van der Waals surface area contributed by atoms with Gasteiger partial charge in [-0.3, -0.25) is 19.7 Å². The van der Waals surface area contributed by atoms with E-state index in [1.165, 1.54) is 18.2 Å². The average Bonchev–Trinajstić information content (AvgIpc) is 3.39. The SMILES string of the molecule is O=c1nc2s/c(=C/c3ccc(-c4cccc([N+](=O)[O-])c4)o3)c(=O)n2nc1-c1ccccc1. The van der Waals surface area contributed by atoms with Crippen molar-refractivity contribution < 1.29 is 9.34 Å². The molecule has 9 nitrogen and oxygen atoms in total. The topological polar surface area (TPSA) is 121 Å². The van der Waals surface area contributed by atoms with Crippen LogP contribution in [0.3, 0.4) is 0 Å². The summed E-state index contributed by atoms with van der Waals surface area (Å²) in [7, 11) is 0. The molecule has 3 heterocycles. The van der Waals surface area contributed by atoms with Gasteiger partial charge in [0.25, 0.3) is 11.2 Å². The molecule has 0 N–H and O–H groups in total. The number of non-ortho nitro benzene ring substituents is 1. The molecule has 0 unspecified atom stereocenters. The highest BCUT2D eigenvalue weighted by molar-refractivity contribution is 7.15. The molecule has 0 saturated carbocycles. The Balaban J connectivity index is 1.57. The maximum Gasteiger partial charge on any atom is 0.300 e. The molecular weight excluding hydrogens is 432 g/mol. The smallest absolute Gasteiger partial charge is 0.300 e. The number of nitrogens with zero attached hydrogens (tertiary/aromatic N) is 4. The summed E-state index contributed by atoms with van der Waals surface area (Å²) in [5, 5.41) is 15.2. The number of hydrogen-bond donors (Lipinski definition) is 0. The van der Waals surface area contributed by atoms with Crippen molar-refractivity contribution in [2.24, 2.45) is 0 Å². The van der Waals surface area contributed by atoms with Crippen LogP contribution in [0.15, 0.2) is 80.7 Å². The van der Waals surface area contributed by atoms with E-state index in [0.29, 0.717) is 22.6 Å². The fourth-order valence-corrected chi connectivity index (χ4v) is 4.06. The predicted octanol–water partition coefficient (Wildman–Crippen LogP) is 2.89. The third-order valence-electron chi connectivity index (χ3n) is 4.67. The van der Waals surface area contributed by atoms with E-state index in [1.807, 2.05) is 6.07 Å². The van der Waals surface area contributed by atoms with Gasteiger partial charge in [0, 0.05) is 29.3 Å². The Morgan fingerprint density at radius 2 is 1.78 bits per heavy atom. The highest BCUT2D eigenvalue weighted by Crippen LogP contribution is 2.26. The monoisotopic (exact) mass is 444 g/mol. The average molecular weight is 444 g/mol. The lowest BCUT2D eigenvalue weighted by Gasteiger charge is -1.98. The van der Waals surface area contributed by atoms with Crippen LogP contribution in [-0.2, 0) is 0 Å². The zero-order chi connectivity index (χ0) is 22.2. The van der Waals surface area contributed by atoms with Gasteiger partial charge in [0.1, 0.15) is 16.1 Å². The number of aromatic nitrogens is 3. The van der Waals surface area contributed by atoms with Gasteiger partial charge in [0.2, 0.25) is 4.96 Å². The highest BCUT2D eigenvalue weighted by atomic mass is 32.1. The first-order valence-corrected chi connectivity index (χ1v) is 10.2. The molecule has 0 aliphatic heterocycles. The molecule has 5 aromatic rings. The number of thiazole rings is 1.